The second-order valence-electron chi connectivity index (χ2n) is 6.21. The van der Waals surface area contributed by atoms with Crippen LogP contribution in [0.5, 0.6) is 5.75 Å². The van der Waals surface area contributed by atoms with E-state index in [2.05, 4.69) is 41.3 Å². The van der Waals surface area contributed by atoms with Crippen LogP contribution in [0.15, 0.2) is 54.6 Å². The molecule has 1 atom stereocenters. The van der Waals surface area contributed by atoms with Gasteiger partial charge in [-0.1, -0.05) is 30.3 Å². The monoisotopic (exact) mass is 311 g/mol. The Balaban J connectivity index is 1.43. The van der Waals surface area contributed by atoms with Crippen molar-refractivity contribution in [3.8, 4) is 5.75 Å². The van der Waals surface area contributed by atoms with Crippen molar-refractivity contribution in [3.63, 3.8) is 0 Å². The van der Waals surface area contributed by atoms with Crippen LogP contribution < -0.4 is 9.64 Å². The third-order valence-corrected chi connectivity index (χ3v) is 4.47. The Labute approximate surface area is 138 Å². The summed E-state index contributed by atoms with van der Waals surface area (Å²) in [4.78, 5) is 2.33. The molecule has 1 fully saturated rings. The first-order valence-electron chi connectivity index (χ1n) is 8.48. The molecule has 2 aromatic carbocycles. The fourth-order valence-corrected chi connectivity index (χ4v) is 3.08. The molecule has 1 saturated heterocycles. The van der Waals surface area contributed by atoms with E-state index in [0.717, 1.165) is 44.7 Å². The SMILES string of the molecule is OCC1CCN(c2ccc(OCCCc3ccccc3)cc2)C1. The van der Waals surface area contributed by atoms with E-state index in [0.29, 0.717) is 12.5 Å². The Hall–Kier alpha value is -2.00. The maximum atomic E-state index is 9.23. The van der Waals surface area contributed by atoms with Crippen molar-refractivity contribution in [1.82, 2.24) is 0 Å². The van der Waals surface area contributed by atoms with Crippen LogP contribution in [-0.4, -0.2) is 31.4 Å². The molecule has 1 unspecified atom stereocenters. The standard InChI is InChI=1S/C20H25NO2/c22-16-18-12-13-21(15-18)19-8-10-20(11-9-19)23-14-4-7-17-5-2-1-3-6-17/h1-3,5-6,8-11,18,22H,4,7,12-16H2. The molecule has 122 valence electrons. The van der Waals surface area contributed by atoms with Crippen molar-refractivity contribution in [3.05, 3.63) is 60.2 Å². The first-order valence-corrected chi connectivity index (χ1v) is 8.48. The van der Waals surface area contributed by atoms with Crippen LogP contribution in [0, 0.1) is 5.92 Å². The van der Waals surface area contributed by atoms with Crippen molar-refractivity contribution in [2.24, 2.45) is 5.92 Å². The van der Waals surface area contributed by atoms with Crippen LogP contribution in [0.3, 0.4) is 0 Å². The zero-order valence-corrected chi connectivity index (χ0v) is 13.5. The first-order chi connectivity index (χ1) is 11.3. The number of hydrogen-bond donors (Lipinski definition) is 1. The van der Waals surface area contributed by atoms with Crippen LogP contribution in [0.4, 0.5) is 5.69 Å². The molecule has 3 nitrogen and oxygen atoms in total. The van der Waals surface area contributed by atoms with Gasteiger partial charge in [0.15, 0.2) is 0 Å². The van der Waals surface area contributed by atoms with Crippen LogP contribution >= 0.6 is 0 Å². The van der Waals surface area contributed by atoms with Gasteiger partial charge in [0.05, 0.1) is 6.61 Å². The minimum atomic E-state index is 0.291. The summed E-state index contributed by atoms with van der Waals surface area (Å²) < 4.78 is 5.83. The van der Waals surface area contributed by atoms with E-state index in [4.69, 9.17) is 4.74 Å². The van der Waals surface area contributed by atoms with E-state index < -0.39 is 0 Å². The van der Waals surface area contributed by atoms with Crippen LogP contribution in [0.1, 0.15) is 18.4 Å². The number of anilines is 1. The number of aliphatic hydroxyl groups excluding tert-OH is 1. The van der Waals surface area contributed by atoms with Gasteiger partial charge in [0, 0.05) is 31.3 Å². The summed E-state index contributed by atoms with van der Waals surface area (Å²) in [5.74, 6) is 1.35. The van der Waals surface area contributed by atoms with Crippen molar-refractivity contribution in [2.75, 3.05) is 31.2 Å². The average Bonchev–Trinajstić information content (AvgIpc) is 3.09. The molecule has 0 amide bonds. The fourth-order valence-electron chi connectivity index (χ4n) is 3.08. The molecule has 0 saturated carbocycles. The van der Waals surface area contributed by atoms with Crippen LogP contribution in [0.2, 0.25) is 0 Å². The zero-order valence-electron chi connectivity index (χ0n) is 13.5. The number of benzene rings is 2. The Morgan fingerprint density at radius 2 is 1.83 bits per heavy atom. The molecule has 0 bridgehead atoms. The lowest BCUT2D eigenvalue weighted by Gasteiger charge is -2.18. The summed E-state index contributed by atoms with van der Waals surface area (Å²) in [6, 6.07) is 18.8. The fraction of sp³-hybridized carbons (Fsp3) is 0.400. The number of nitrogens with zero attached hydrogens (tertiary/aromatic N) is 1. The van der Waals surface area contributed by atoms with Crippen molar-refractivity contribution < 1.29 is 9.84 Å². The molecular formula is C20H25NO2. The van der Waals surface area contributed by atoms with Gasteiger partial charge in [-0.25, -0.2) is 0 Å². The van der Waals surface area contributed by atoms with E-state index in [1.807, 2.05) is 18.2 Å². The van der Waals surface area contributed by atoms with Gasteiger partial charge < -0.3 is 14.7 Å². The van der Waals surface area contributed by atoms with Gasteiger partial charge in [0.2, 0.25) is 0 Å². The van der Waals surface area contributed by atoms with Gasteiger partial charge in [-0.05, 0) is 49.1 Å². The third-order valence-electron chi connectivity index (χ3n) is 4.47. The van der Waals surface area contributed by atoms with Gasteiger partial charge in [-0.2, -0.15) is 0 Å². The number of ether oxygens (including phenoxy) is 1. The van der Waals surface area contributed by atoms with E-state index in [9.17, 15) is 5.11 Å². The molecule has 0 radical (unpaired) electrons. The summed E-state index contributed by atoms with van der Waals surface area (Å²) >= 11 is 0. The number of rotatable bonds is 7. The summed E-state index contributed by atoms with van der Waals surface area (Å²) in [7, 11) is 0. The number of aliphatic hydroxyl groups is 1. The molecular weight excluding hydrogens is 286 g/mol. The normalized spacial score (nSPS) is 17.4. The molecule has 1 aliphatic heterocycles. The second kappa shape index (κ2) is 8.02. The Bertz CT molecular complexity index is 582. The number of hydrogen-bond acceptors (Lipinski definition) is 3. The van der Waals surface area contributed by atoms with Gasteiger partial charge in [-0.15, -0.1) is 0 Å². The first kappa shape index (κ1) is 15.9. The molecule has 3 rings (SSSR count). The van der Waals surface area contributed by atoms with Crippen LogP contribution in [-0.2, 0) is 6.42 Å². The minimum absolute atomic E-state index is 0.291. The predicted octanol–water partition coefficient (Wildman–Crippen LogP) is 3.52. The van der Waals surface area contributed by atoms with E-state index in [1.165, 1.54) is 11.3 Å². The molecule has 1 heterocycles. The molecule has 0 spiro atoms. The molecule has 1 N–H and O–H groups in total. The predicted molar refractivity (Wildman–Crippen MR) is 94.1 cm³/mol. The quantitative estimate of drug-likeness (QED) is 0.794. The Morgan fingerprint density at radius 1 is 1.04 bits per heavy atom. The van der Waals surface area contributed by atoms with E-state index >= 15 is 0 Å². The smallest absolute Gasteiger partial charge is 0.119 e. The molecule has 0 aromatic heterocycles. The lowest BCUT2D eigenvalue weighted by molar-refractivity contribution is 0.238. The summed E-state index contributed by atoms with van der Waals surface area (Å²) in [5, 5.41) is 9.23. The van der Waals surface area contributed by atoms with Crippen molar-refractivity contribution >= 4 is 5.69 Å². The van der Waals surface area contributed by atoms with Crippen molar-refractivity contribution in [1.29, 1.82) is 0 Å². The zero-order chi connectivity index (χ0) is 15.9. The molecule has 0 aliphatic carbocycles. The Kier molecular flexibility index (Phi) is 5.54. The van der Waals surface area contributed by atoms with Crippen molar-refractivity contribution in [2.45, 2.75) is 19.3 Å². The average molecular weight is 311 g/mol. The van der Waals surface area contributed by atoms with Gasteiger partial charge in [0.1, 0.15) is 5.75 Å². The molecule has 3 heteroatoms. The minimum Gasteiger partial charge on any atom is -0.494 e. The maximum absolute atomic E-state index is 9.23. The highest BCUT2D eigenvalue weighted by Gasteiger charge is 2.21. The Morgan fingerprint density at radius 3 is 2.52 bits per heavy atom. The summed E-state index contributed by atoms with van der Waals surface area (Å²) in [6.45, 7) is 3.01. The van der Waals surface area contributed by atoms with E-state index in [1.54, 1.807) is 0 Å². The topological polar surface area (TPSA) is 32.7 Å². The highest BCUT2D eigenvalue weighted by atomic mass is 16.5. The largest absolute Gasteiger partial charge is 0.494 e. The molecule has 1 aliphatic rings. The van der Waals surface area contributed by atoms with Gasteiger partial charge >= 0.3 is 0 Å². The highest BCUT2D eigenvalue weighted by molar-refractivity contribution is 5.49. The highest BCUT2D eigenvalue weighted by Crippen LogP contribution is 2.25. The van der Waals surface area contributed by atoms with Gasteiger partial charge in [-0.3, -0.25) is 0 Å². The van der Waals surface area contributed by atoms with E-state index in [-0.39, 0.29) is 0 Å². The van der Waals surface area contributed by atoms with Crippen LogP contribution in [0.25, 0.3) is 0 Å². The molecule has 23 heavy (non-hydrogen) atoms. The lowest BCUT2D eigenvalue weighted by atomic mass is 10.1. The third kappa shape index (κ3) is 4.49. The molecule has 2 aromatic rings. The summed E-state index contributed by atoms with van der Waals surface area (Å²) in [6.07, 6.45) is 3.15. The lowest BCUT2D eigenvalue weighted by Crippen LogP contribution is -2.20. The van der Waals surface area contributed by atoms with Gasteiger partial charge in [0.25, 0.3) is 0 Å². The second-order valence-corrected chi connectivity index (χ2v) is 6.21. The summed E-state index contributed by atoms with van der Waals surface area (Å²) in [5.41, 5.74) is 2.58. The maximum Gasteiger partial charge on any atom is 0.119 e. The number of aryl methyl sites for hydroxylation is 1.